The van der Waals surface area contributed by atoms with Crippen LogP contribution in [0.15, 0.2) is 53.5 Å². The Balaban J connectivity index is 0.00000420. The van der Waals surface area contributed by atoms with Crippen LogP contribution in [-0.2, 0) is 13.0 Å². The van der Waals surface area contributed by atoms with Crippen LogP contribution >= 0.6 is 24.0 Å². The monoisotopic (exact) mass is 511 g/mol. The fourth-order valence-corrected chi connectivity index (χ4v) is 2.59. The highest BCUT2D eigenvalue weighted by Gasteiger charge is 2.08. The zero-order chi connectivity index (χ0) is 20.5. The molecule has 0 heterocycles. The van der Waals surface area contributed by atoms with Crippen molar-refractivity contribution < 1.29 is 9.72 Å². The van der Waals surface area contributed by atoms with Crippen LogP contribution in [0.5, 0.6) is 0 Å². The molecule has 0 spiro atoms. The number of halogens is 1. The third-order valence-corrected chi connectivity index (χ3v) is 4.12. The van der Waals surface area contributed by atoms with Crippen molar-refractivity contribution in [2.45, 2.75) is 13.0 Å². The predicted molar refractivity (Wildman–Crippen MR) is 125 cm³/mol. The molecule has 8 nitrogen and oxygen atoms in total. The van der Waals surface area contributed by atoms with Gasteiger partial charge in [-0.2, -0.15) is 0 Å². The van der Waals surface area contributed by atoms with Crippen LogP contribution in [0.4, 0.5) is 5.69 Å². The van der Waals surface area contributed by atoms with Gasteiger partial charge in [-0.25, -0.2) is 0 Å². The lowest BCUT2D eigenvalue weighted by atomic mass is 10.1. The molecule has 0 bridgehead atoms. The Kier molecular flexibility index (Phi) is 10.1. The first-order valence-electron chi connectivity index (χ1n) is 8.89. The summed E-state index contributed by atoms with van der Waals surface area (Å²) >= 11 is 0. The maximum atomic E-state index is 12.0. The third kappa shape index (κ3) is 7.68. The number of non-ortho nitro benzene ring substituents is 1. The van der Waals surface area contributed by atoms with E-state index in [1.165, 1.54) is 12.1 Å². The van der Waals surface area contributed by atoms with Crippen molar-refractivity contribution >= 4 is 41.5 Å². The molecule has 0 saturated heterocycles. The molecule has 0 unspecified atom stereocenters. The first-order chi connectivity index (χ1) is 13.4. The largest absolute Gasteiger partial charge is 0.356 e. The van der Waals surface area contributed by atoms with Crippen LogP contribution in [-0.4, -0.2) is 49.4 Å². The summed E-state index contributed by atoms with van der Waals surface area (Å²) in [6.45, 7) is 1.16. The second-order valence-electron chi connectivity index (χ2n) is 6.43. The van der Waals surface area contributed by atoms with Crippen LogP contribution in [0.2, 0.25) is 0 Å². The average Bonchev–Trinajstić information content (AvgIpc) is 2.70. The Morgan fingerprint density at radius 1 is 1.10 bits per heavy atom. The molecule has 0 aliphatic carbocycles. The van der Waals surface area contributed by atoms with Gasteiger partial charge >= 0.3 is 0 Å². The van der Waals surface area contributed by atoms with E-state index in [0.717, 1.165) is 17.5 Å². The average molecular weight is 511 g/mol. The number of hydrogen-bond acceptors (Lipinski definition) is 4. The molecule has 9 heteroatoms. The molecule has 1 amide bonds. The Bertz CT molecular complexity index is 853. The van der Waals surface area contributed by atoms with Crippen molar-refractivity contribution in [3.8, 4) is 0 Å². The van der Waals surface area contributed by atoms with E-state index in [2.05, 4.69) is 15.6 Å². The lowest BCUT2D eigenvalue weighted by molar-refractivity contribution is -0.384. The quantitative estimate of drug-likeness (QED) is 0.196. The zero-order valence-electron chi connectivity index (χ0n) is 16.7. The number of nitrogens with zero attached hydrogens (tertiary/aromatic N) is 3. The van der Waals surface area contributed by atoms with E-state index in [4.69, 9.17) is 0 Å². The number of hydrogen-bond donors (Lipinski definition) is 2. The molecule has 0 aromatic heterocycles. The summed E-state index contributed by atoms with van der Waals surface area (Å²) in [6.07, 6.45) is 0.743. The smallest absolute Gasteiger partial charge is 0.269 e. The van der Waals surface area contributed by atoms with Crippen LogP contribution < -0.4 is 10.6 Å². The number of nitro groups is 1. The lowest BCUT2D eigenvalue weighted by Crippen LogP contribution is -2.37. The summed E-state index contributed by atoms with van der Waals surface area (Å²) in [5, 5.41) is 17.1. The van der Waals surface area contributed by atoms with Crippen LogP contribution in [0.25, 0.3) is 0 Å². The van der Waals surface area contributed by atoms with Crippen LogP contribution in [0.1, 0.15) is 21.5 Å². The summed E-state index contributed by atoms with van der Waals surface area (Å²) in [6, 6.07) is 14.0. The van der Waals surface area contributed by atoms with Crippen molar-refractivity contribution in [1.29, 1.82) is 0 Å². The number of carbonyl (C=O) groups excluding carboxylic acids is 1. The number of nitrogens with one attached hydrogen (secondary N) is 2. The first-order valence-corrected chi connectivity index (χ1v) is 8.89. The van der Waals surface area contributed by atoms with E-state index >= 15 is 0 Å². The minimum Gasteiger partial charge on any atom is -0.356 e. The van der Waals surface area contributed by atoms with E-state index in [0.29, 0.717) is 24.6 Å². The maximum Gasteiger partial charge on any atom is 0.269 e. The van der Waals surface area contributed by atoms with Crippen molar-refractivity contribution in [2.24, 2.45) is 4.99 Å². The Labute approximate surface area is 187 Å². The third-order valence-electron chi connectivity index (χ3n) is 4.12. The number of aliphatic imine (C=N–C) groups is 1. The van der Waals surface area contributed by atoms with Gasteiger partial charge in [0.25, 0.3) is 11.6 Å². The van der Waals surface area contributed by atoms with E-state index in [9.17, 15) is 14.9 Å². The van der Waals surface area contributed by atoms with Crippen molar-refractivity contribution in [1.82, 2.24) is 15.5 Å². The normalized spacial score (nSPS) is 10.7. The van der Waals surface area contributed by atoms with Gasteiger partial charge in [0.05, 0.1) is 4.92 Å². The molecule has 0 aliphatic rings. The van der Waals surface area contributed by atoms with Gasteiger partial charge in [-0.15, -0.1) is 24.0 Å². The maximum absolute atomic E-state index is 12.0. The molecule has 0 radical (unpaired) electrons. The summed E-state index contributed by atoms with van der Waals surface area (Å²) in [4.78, 5) is 28.1. The molecule has 0 fully saturated rings. The van der Waals surface area contributed by atoms with E-state index < -0.39 is 4.92 Å². The standard InChI is InChI=1S/C20H25N5O3.HI/c1-21-20(23-14-16-7-9-18(10-8-16)25(27)28)22-12-11-15-5-4-6-17(13-15)19(26)24(2)3;/h4-10,13H,11-12,14H2,1-3H3,(H2,21,22,23);1H. The molecule has 156 valence electrons. The Morgan fingerprint density at radius 2 is 1.79 bits per heavy atom. The highest BCUT2D eigenvalue weighted by molar-refractivity contribution is 14.0. The van der Waals surface area contributed by atoms with Gasteiger partial charge in [0.1, 0.15) is 0 Å². The number of benzene rings is 2. The second kappa shape index (κ2) is 12.0. The van der Waals surface area contributed by atoms with Gasteiger partial charge in [0.2, 0.25) is 0 Å². The number of rotatable bonds is 7. The summed E-state index contributed by atoms with van der Waals surface area (Å²) < 4.78 is 0. The minimum atomic E-state index is -0.418. The van der Waals surface area contributed by atoms with Crippen molar-refractivity contribution in [2.75, 3.05) is 27.7 Å². The highest BCUT2D eigenvalue weighted by Crippen LogP contribution is 2.11. The SMILES string of the molecule is CN=C(NCCc1cccc(C(=O)N(C)C)c1)NCc1ccc([N+](=O)[O-])cc1.I. The topological polar surface area (TPSA) is 99.9 Å². The second-order valence-corrected chi connectivity index (χ2v) is 6.43. The number of guanidine groups is 1. The summed E-state index contributed by atoms with van der Waals surface area (Å²) in [5.74, 6) is 0.620. The molecule has 2 rings (SSSR count). The first kappa shape index (κ1) is 24.3. The van der Waals surface area contributed by atoms with Gasteiger partial charge in [0.15, 0.2) is 5.96 Å². The summed E-state index contributed by atoms with van der Waals surface area (Å²) in [7, 11) is 5.15. The number of nitro benzene ring substituents is 1. The van der Waals surface area contributed by atoms with Crippen molar-refractivity contribution in [3.05, 3.63) is 75.3 Å². The summed E-state index contributed by atoms with van der Waals surface area (Å²) in [5.41, 5.74) is 2.72. The van der Waals surface area contributed by atoms with Gasteiger partial charge in [-0.05, 0) is 29.7 Å². The zero-order valence-corrected chi connectivity index (χ0v) is 19.0. The van der Waals surface area contributed by atoms with Gasteiger partial charge < -0.3 is 15.5 Å². The number of amides is 1. The number of carbonyl (C=O) groups is 1. The van der Waals surface area contributed by atoms with Gasteiger partial charge in [0, 0.05) is 51.9 Å². The van der Waals surface area contributed by atoms with Gasteiger partial charge in [-0.3, -0.25) is 19.9 Å². The molecule has 2 aromatic rings. The molecule has 0 saturated carbocycles. The minimum absolute atomic E-state index is 0. The predicted octanol–water partition coefficient (Wildman–Crippen LogP) is 2.82. The molecule has 0 aliphatic heterocycles. The highest BCUT2D eigenvalue weighted by atomic mass is 127. The van der Waals surface area contributed by atoms with E-state index in [-0.39, 0.29) is 35.6 Å². The molecular formula is C20H26IN5O3. The fraction of sp³-hybridized carbons (Fsp3) is 0.300. The molecular weight excluding hydrogens is 485 g/mol. The van der Waals surface area contributed by atoms with E-state index in [1.807, 2.05) is 24.3 Å². The van der Waals surface area contributed by atoms with Crippen LogP contribution in [0, 0.1) is 10.1 Å². The van der Waals surface area contributed by atoms with Crippen molar-refractivity contribution in [3.63, 3.8) is 0 Å². The lowest BCUT2D eigenvalue weighted by Gasteiger charge is -2.13. The molecule has 2 aromatic carbocycles. The Hall–Kier alpha value is -2.69. The Morgan fingerprint density at radius 3 is 2.38 bits per heavy atom. The molecule has 0 atom stereocenters. The molecule has 29 heavy (non-hydrogen) atoms. The molecule has 2 N–H and O–H groups in total. The van der Waals surface area contributed by atoms with Gasteiger partial charge in [-0.1, -0.05) is 24.3 Å². The van der Waals surface area contributed by atoms with E-state index in [1.54, 1.807) is 38.2 Å². The fourth-order valence-electron chi connectivity index (χ4n) is 2.59. The van der Waals surface area contributed by atoms with Crippen LogP contribution in [0.3, 0.4) is 0 Å².